The van der Waals surface area contributed by atoms with Gasteiger partial charge in [-0.3, -0.25) is 9.59 Å². The molecule has 0 fully saturated rings. The average Bonchev–Trinajstić information content (AvgIpc) is 2.47. The fourth-order valence-electron chi connectivity index (χ4n) is 2.09. The Morgan fingerprint density at radius 1 is 1.15 bits per heavy atom. The van der Waals surface area contributed by atoms with E-state index in [0.717, 1.165) is 12.0 Å². The number of nitrogens with zero attached hydrogens (tertiary/aromatic N) is 1. The first-order chi connectivity index (χ1) is 9.56. The number of carbonyl (C=O) groups excluding carboxylic acids is 2. The summed E-state index contributed by atoms with van der Waals surface area (Å²) in [5, 5.41) is 2.99. The van der Waals surface area contributed by atoms with Gasteiger partial charge in [0.2, 0.25) is 11.8 Å². The number of amides is 2. The van der Waals surface area contributed by atoms with Gasteiger partial charge in [0.1, 0.15) is 0 Å². The highest BCUT2D eigenvalue weighted by Gasteiger charge is 2.16. The summed E-state index contributed by atoms with van der Waals surface area (Å²) in [5.74, 6) is 0.108. The molecule has 1 aromatic rings. The van der Waals surface area contributed by atoms with E-state index in [2.05, 4.69) is 5.32 Å². The van der Waals surface area contributed by atoms with E-state index in [1.165, 1.54) is 0 Å². The van der Waals surface area contributed by atoms with E-state index in [1.807, 2.05) is 44.2 Å². The van der Waals surface area contributed by atoms with Crippen LogP contribution in [0, 0.1) is 0 Å². The minimum Gasteiger partial charge on any atom is -0.351 e. The summed E-state index contributed by atoms with van der Waals surface area (Å²) in [6.07, 6.45) is 1.67. The third-order valence-electron chi connectivity index (χ3n) is 3.23. The number of likely N-dealkylation sites (N-methyl/N-ethyl adjacent to an activating group) is 1. The minimum atomic E-state index is -0.0506. The van der Waals surface area contributed by atoms with Crippen molar-refractivity contribution < 1.29 is 9.59 Å². The van der Waals surface area contributed by atoms with Crippen molar-refractivity contribution in [1.29, 1.82) is 0 Å². The van der Waals surface area contributed by atoms with Gasteiger partial charge in [-0.25, -0.2) is 0 Å². The first kappa shape index (κ1) is 16.2. The molecule has 0 radical (unpaired) electrons. The third kappa shape index (κ3) is 5.43. The Morgan fingerprint density at radius 3 is 2.35 bits per heavy atom. The second-order valence-electron chi connectivity index (χ2n) is 4.94. The van der Waals surface area contributed by atoms with Crippen molar-refractivity contribution in [3.63, 3.8) is 0 Å². The fourth-order valence-corrected chi connectivity index (χ4v) is 2.09. The van der Waals surface area contributed by atoms with Crippen molar-refractivity contribution in [2.45, 2.75) is 39.2 Å². The molecule has 0 spiro atoms. The number of hydrogen-bond donors (Lipinski definition) is 1. The molecule has 110 valence electrons. The van der Waals surface area contributed by atoms with Crippen LogP contribution in [-0.4, -0.2) is 36.3 Å². The lowest BCUT2D eigenvalue weighted by Crippen LogP contribution is -2.45. The van der Waals surface area contributed by atoms with E-state index in [-0.39, 0.29) is 17.9 Å². The zero-order valence-corrected chi connectivity index (χ0v) is 12.6. The topological polar surface area (TPSA) is 49.4 Å². The first-order valence-electron chi connectivity index (χ1n) is 7.14. The summed E-state index contributed by atoms with van der Waals surface area (Å²) in [7, 11) is 1.78. The van der Waals surface area contributed by atoms with Crippen LogP contribution in [0.2, 0.25) is 0 Å². The maximum absolute atomic E-state index is 11.7. The Kier molecular flexibility index (Phi) is 6.77. The average molecular weight is 276 g/mol. The molecule has 0 bridgehead atoms. The van der Waals surface area contributed by atoms with Crippen LogP contribution >= 0.6 is 0 Å². The van der Waals surface area contributed by atoms with Crippen LogP contribution in [0.4, 0.5) is 0 Å². The number of benzene rings is 1. The predicted octanol–water partition coefficient (Wildman–Crippen LogP) is 1.99. The molecule has 0 aromatic heterocycles. The second-order valence-corrected chi connectivity index (χ2v) is 4.94. The molecule has 4 heteroatoms. The Balaban J connectivity index is 2.69. The summed E-state index contributed by atoms with van der Waals surface area (Å²) in [6, 6.07) is 9.95. The molecule has 1 rings (SSSR count). The quantitative estimate of drug-likeness (QED) is 0.828. The molecule has 1 N–H and O–H groups in total. The molecule has 4 nitrogen and oxygen atoms in total. The van der Waals surface area contributed by atoms with Crippen molar-refractivity contribution in [1.82, 2.24) is 10.2 Å². The first-order valence-corrected chi connectivity index (χ1v) is 7.14. The summed E-state index contributed by atoms with van der Waals surface area (Å²) in [6.45, 7) is 4.21. The van der Waals surface area contributed by atoms with E-state index in [0.29, 0.717) is 19.4 Å². The fraction of sp³-hybridized carbons (Fsp3) is 0.500. The molecule has 2 amide bonds. The van der Waals surface area contributed by atoms with Crippen LogP contribution < -0.4 is 5.32 Å². The number of nitrogens with one attached hydrogen (secondary N) is 1. The molecule has 0 aliphatic carbocycles. The Bertz CT molecular complexity index is 431. The lowest BCUT2D eigenvalue weighted by molar-refractivity contribution is -0.130. The van der Waals surface area contributed by atoms with Gasteiger partial charge in [-0.05, 0) is 12.0 Å². The zero-order valence-electron chi connectivity index (χ0n) is 12.6. The molecule has 0 heterocycles. The van der Waals surface area contributed by atoms with Gasteiger partial charge in [0.05, 0.1) is 6.04 Å². The molecule has 20 heavy (non-hydrogen) atoms. The minimum absolute atomic E-state index is 0.0169. The summed E-state index contributed by atoms with van der Waals surface area (Å²) >= 11 is 0. The number of carbonyl (C=O) groups is 2. The van der Waals surface area contributed by atoms with Crippen LogP contribution in [-0.2, 0) is 16.0 Å². The van der Waals surface area contributed by atoms with Crippen LogP contribution in [0.1, 0.15) is 32.3 Å². The van der Waals surface area contributed by atoms with Crippen molar-refractivity contribution in [2.75, 3.05) is 13.6 Å². The highest BCUT2D eigenvalue weighted by Crippen LogP contribution is 2.05. The highest BCUT2D eigenvalue weighted by atomic mass is 16.2. The van der Waals surface area contributed by atoms with Crippen LogP contribution in [0.15, 0.2) is 30.3 Å². The maximum Gasteiger partial charge on any atom is 0.222 e. The molecule has 0 aliphatic rings. The molecular weight excluding hydrogens is 252 g/mol. The van der Waals surface area contributed by atoms with Gasteiger partial charge in [-0.1, -0.05) is 44.2 Å². The number of hydrogen-bond acceptors (Lipinski definition) is 2. The highest BCUT2D eigenvalue weighted by molar-refractivity contribution is 5.77. The lowest BCUT2D eigenvalue weighted by atomic mass is 10.1. The standard InChI is InChI=1S/C16H24N2O2/c1-4-15(19)17-14(12-18(3)16(20)5-2)11-13-9-7-6-8-10-13/h6-10,14H,4-5,11-12H2,1-3H3,(H,17,19)/t14-/m0/s1. The number of rotatable bonds is 7. The summed E-state index contributed by atoms with van der Waals surface area (Å²) in [5.41, 5.74) is 1.16. The molecule has 1 aromatic carbocycles. The van der Waals surface area contributed by atoms with Gasteiger partial charge >= 0.3 is 0 Å². The Labute approximate surface area is 121 Å². The van der Waals surface area contributed by atoms with Crippen LogP contribution in [0.25, 0.3) is 0 Å². The zero-order chi connectivity index (χ0) is 15.0. The summed E-state index contributed by atoms with van der Waals surface area (Å²) < 4.78 is 0. The Hall–Kier alpha value is -1.84. The van der Waals surface area contributed by atoms with E-state index in [4.69, 9.17) is 0 Å². The lowest BCUT2D eigenvalue weighted by Gasteiger charge is -2.25. The van der Waals surface area contributed by atoms with Crippen LogP contribution in [0.5, 0.6) is 0 Å². The maximum atomic E-state index is 11.7. The van der Waals surface area contributed by atoms with E-state index >= 15 is 0 Å². The molecule has 0 unspecified atom stereocenters. The van der Waals surface area contributed by atoms with Gasteiger partial charge in [0.25, 0.3) is 0 Å². The molecule has 1 atom stereocenters. The van der Waals surface area contributed by atoms with E-state index in [9.17, 15) is 9.59 Å². The molecule has 0 saturated heterocycles. The van der Waals surface area contributed by atoms with Crippen molar-refractivity contribution >= 4 is 11.8 Å². The van der Waals surface area contributed by atoms with Crippen molar-refractivity contribution in [3.8, 4) is 0 Å². The largest absolute Gasteiger partial charge is 0.351 e. The smallest absolute Gasteiger partial charge is 0.222 e. The van der Waals surface area contributed by atoms with E-state index < -0.39 is 0 Å². The second kappa shape index (κ2) is 8.35. The van der Waals surface area contributed by atoms with Gasteiger partial charge in [-0.15, -0.1) is 0 Å². The summed E-state index contributed by atoms with van der Waals surface area (Å²) in [4.78, 5) is 25.0. The van der Waals surface area contributed by atoms with Gasteiger partial charge in [0, 0.05) is 26.4 Å². The van der Waals surface area contributed by atoms with Gasteiger partial charge in [-0.2, -0.15) is 0 Å². The molecule has 0 aliphatic heterocycles. The normalized spacial score (nSPS) is 11.8. The third-order valence-corrected chi connectivity index (χ3v) is 3.23. The monoisotopic (exact) mass is 276 g/mol. The Morgan fingerprint density at radius 2 is 1.80 bits per heavy atom. The van der Waals surface area contributed by atoms with E-state index in [1.54, 1.807) is 11.9 Å². The molecule has 0 saturated carbocycles. The predicted molar refractivity (Wildman–Crippen MR) is 80.3 cm³/mol. The molecular formula is C16H24N2O2. The van der Waals surface area contributed by atoms with Gasteiger partial charge < -0.3 is 10.2 Å². The van der Waals surface area contributed by atoms with Crippen molar-refractivity contribution in [2.24, 2.45) is 0 Å². The van der Waals surface area contributed by atoms with Crippen LogP contribution in [0.3, 0.4) is 0 Å². The van der Waals surface area contributed by atoms with Gasteiger partial charge in [0.15, 0.2) is 0 Å². The van der Waals surface area contributed by atoms with Crippen molar-refractivity contribution in [3.05, 3.63) is 35.9 Å². The SMILES string of the molecule is CCC(=O)N[C@@H](Cc1ccccc1)CN(C)C(=O)CC.